The first-order valence-electron chi connectivity index (χ1n) is 2.92. The van der Waals surface area contributed by atoms with Gasteiger partial charge in [0.15, 0.2) is 0 Å². The Hall–Kier alpha value is -0.610. The minimum Gasteiger partial charge on any atom is -0.456 e. The molecule has 0 bridgehead atoms. The molecule has 0 fully saturated rings. The van der Waals surface area contributed by atoms with Gasteiger partial charge in [0.05, 0.1) is 0 Å². The van der Waals surface area contributed by atoms with Crippen LogP contribution in [0.4, 0.5) is 0 Å². The van der Waals surface area contributed by atoms with Gasteiger partial charge in [0.2, 0.25) is 0 Å². The molecule has 0 radical (unpaired) electrons. The molecule has 10 heavy (non-hydrogen) atoms. The van der Waals surface area contributed by atoms with Gasteiger partial charge in [-0.15, -0.1) is 0 Å². The molecule has 0 aliphatic carbocycles. The average molecular weight is 148 g/mol. The maximum Gasteiger partial charge on any atom is 0.363 e. The van der Waals surface area contributed by atoms with E-state index in [-0.39, 0.29) is 0 Å². The second kappa shape index (κ2) is 2.98. The molecule has 0 aliphatic heterocycles. The number of ether oxygens (including phenoxy) is 1. The molecule has 4 nitrogen and oxygen atoms in total. The van der Waals surface area contributed by atoms with E-state index in [1.165, 1.54) is 0 Å². The first-order valence-corrected chi connectivity index (χ1v) is 2.92. The lowest BCUT2D eigenvalue weighted by molar-refractivity contribution is -0.184. The standard InChI is InChI=1S/C6H12O4/c1-6(2,3)10-5(9)4(7)8/h4,7-8H,1-3H3. The molecule has 0 aliphatic rings. The minimum atomic E-state index is -2.03. The van der Waals surface area contributed by atoms with Crippen LogP contribution in [0.1, 0.15) is 20.8 Å². The highest BCUT2D eigenvalue weighted by molar-refractivity contribution is 5.72. The minimum absolute atomic E-state index is 0.666. The van der Waals surface area contributed by atoms with Gasteiger partial charge in [-0.05, 0) is 20.8 Å². The van der Waals surface area contributed by atoms with Crippen molar-refractivity contribution in [3.8, 4) is 0 Å². The summed E-state index contributed by atoms with van der Waals surface area (Å²) in [7, 11) is 0. The Morgan fingerprint density at radius 2 is 1.80 bits per heavy atom. The molecule has 0 aromatic rings. The van der Waals surface area contributed by atoms with Crippen LogP contribution in [-0.2, 0) is 9.53 Å². The molecule has 0 amide bonds. The first-order chi connectivity index (χ1) is 4.33. The van der Waals surface area contributed by atoms with Crippen molar-refractivity contribution in [3.63, 3.8) is 0 Å². The Morgan fingerprint density at radius 3 is 1.90 bits per heavy atom. The normalized spacial score (nSPS) is 11.8. The lowest BCUT2D eigenvalue weighted by atomic mass is 10.2. The number of hydrogen-bond donors (Lipinski definition) is 2. The topological polar surface area (TPSA) is 66.8 Å². The lowest BCUT2D eigenvalue weighted by Crippen LogP contribution is -2.31. The zero-order chi connectivity index (χ0) is 8.36. The monoisotopic (exact) mass is 148 g/mol. The van der Waals surface area contributed by atoms with Gasteiger partial charge in [-0.3, -0.25) is 0 Å². The van der Waals surface area contributed by atoms with E-state index in [2.05, 4.69) is 4.74 Å². The van der Waals surface area contributed by atoms with E-state index >= 15 is 0 Å². The van der Waals surface area contributed by atoms with Crippen molar-refractivity contribution in [2.24, 2.45) is 0 Å². The third-order valence-corrected chi connectivity index (χ3v) is 0.618. The molecule has 60 valence electrons. The van der Waals surface area contributed by atoms with E-state index in [1.54, 1.807) is 20.8 Å². The van der Waals surface area contributed by atoms with Crippen molar-refractivity contribution in [1.82, 2.24) is 0 Å². The number of carbonyl (C=O) groups excluding carboxylic acids is 1. The number of aliphatic hydroxyl groups is 2. The molecule has 0 unspecified atom stereocenters. The zero-order valence-electron chi connectivity index (χ0n) is 6.29. The fraction of sp³-hybridized carbons (Fsp3) is 0.833. The van der Waals surface area contributed by atoms with Gasteiger partial charge in [-0.1, -0.05) is 0 Å². The summed E-state index contributed by atoms with van der Waals surface area (Å²) in [6.07, 6.45) is -2.03. The molecule has 2 N–H and O–H groups in total. The zero-order valence-corrected chi connectivity index (χ0v) is 6.29. The van der Waals surface area contributed by atoms with Crippen molar-refractivity contribution in [2.45, 2.75) is 32.7 Å². The third-order valence-electron chi connectivity index (χ3n) is 0.618. The van der Waals surface area contributed by atoms with Gasteiger partial charge >= 0.3 is 5.97 Å². The van der Waals surface area contributed by atoms with Gasteiger partial charge in [-0.2, -0.15) is 0 Å². The number of esters is 1. The molecule has 0 spiro atoms. The molecule has 0 aromatic heterocycles. The molecule has 0 saturated carbocycles. The SMILES string of the molecule is CC(C)(C)OC(=O)C(O)O. The van der Waals surface area contributed by atoms with Crippen LogP contribution in [0.2, 0.25) is 0 Å². The van der Waals surface area contributed by atoms with Gasteiger partial charge in [0.25, 0.3) is 6.29 Å². The molecule has 0 atom stereocenters. The molecule has 0 saturated heterocycles. The Bertz CT molecular complexity index is 122. The summed E-state index contributed by atoms with van der Waals surface area (Å²) in [4.78, 5) is 10.4. The fourth-order valence-corrected chi connectivity index (χ4v) is 0.354. The summed E-state index contributed by atoms with van der Waals surface area (Å²) >= 11 is 0. The van der Waals surface area contributed by atoms with E-state index < -0.39 is 17.9 Å². The van der Waals surface area contributed by atoms with Crippen molar-refractivity contribution >= 4 is 5.97 Å². The Morgan fingerprint density at radius 1 is 1.40 bits per heavy atom. The highest BCUT2D eigenvalue weighted by atomic mass is 16.6. The maximum atomic E-state index is 10.4. The Balaban J connectivity index is 3.81. The average Bonchev–Trinajstić information content (AvgIpc) is 1.60. The van der Waals surface area contributed by atoms with Crippen LogP contribution in [0.25, 0.3) is 0 Å². The maximum absolute atomic E-state index is 10.4. The fourth-order valence-electron chi connectivity index (χ4n) is 0.354. The van der Waals surface area contributed by atoms with Crippen molar-refractivity contribution in [2.75, 3.05) is 0 Å². The Labute approximate surface area is 59.4 Å². The van der Waals surface area contributed by atoms with Crippen LogP contribution in [0, 0.1) is 0 Å². The van der Waals surface area contributed by atoms with Crippen LogP contribution in [0.5, 0.6) is 0 Å². The number of aliphatic hydroxyl groups excluding tert-OH is 1. The Kier molecular flexibility index (Phi) is 2.80. The quantitative estimate of drug-likeness (QED) is 0.393. The van der Waals surface area contributed by atoms with Gasteiger partial charge in [0, 0.05) is 0 Å². The summed E-state index contributed by atoms with van der Waals surface area (Å²) in [5.74, 6) is -1.02. The lowest BCUT2D eigenvalue weighted by Gasteiger charge is -2.19. The van der Waals surface area contributed by atoms with Crippen LogP contribution < -0.4 is 0 Å². The van der Waals surface area contributed by atoms with Crippen LogP contribution in [0.15, 0.2) is 0 Å². The molecule has 4 heteroatoms. The highest BCUT2D eigenvalue weighted by Gasteiger charge is 2.20. The summed E-state index contributed by atoms with van der Waals surface area (Å²) in [5, 5.41) is 16.5. The second-order valence-electron chi connectivity index (χ2n) is 2.91. The van der Waals surface area contributed by atoms with E-state index in [1.807, 2.05) is 0 Å². The van der Waals surface area contributed by atoms with Crippen molar-refractivity contribution in [1.29, 1.82) is 0 Å². The second-order valence-corrected chi connectivity index (χ2v) is 2.91. The summed E-state index contributed by atoms with van der Waals surface area (Å²) in [6, 6.07) is 0. The van der Waals surface area contributed by atoms with E-state index in [0.717, 1.165) is 0 Å². The van der Waals surface area contributed by atoms with Gasteiger partial charge in [-0.25, -0.2) is 4.79 Å². The number of carbonyl (C=O) groups is 1. The first kappa shape index (κ1) is 9.39. The summed E-state index contributed by atoms with van der Waals surface area (Å²) in [5.41, 5.74) is -0.666. The van der Waals surface area contributed by atoms with Crippen molar-refractivity contribution in [3.05, 3.63) is 0 Å². The molecule has 0 aromatic carbocycles. The van der Waals surface area contributed by atoms with E-state index in [0.29, 0.717) is 0 Å². The van der Waals surface area contributed by atoms with Crippen LogP contribution in [0.3, 0.4) is 0 Å². The molecule has 0 heterocycles. The van der Waals surface area contributed by atoms with Gasteiger partial charge < -0.3 is 14.9 Å². The molecular weight excluding hydrogens is 136 g/mol. The largest absolute Gasteiger partial charge is 0.456 e. The summed E-state index contributed by atoms with van der Waals surface area (Å²) in [6.45, 7) is 4.94. The summed E-state index contributed by atoms with van der Waals surface area (Å²) < 4.78 is 4.56. The predicted octanol–water partition coefficient (Wildman–Crippen LogP) is -0.361. The third kappa shape index (κ3) is 4.29. The van der Waals surface area contributed by atoms with Crippen LogP contribution >= 0.6 is 0 Å². The van der Waals surface area contributed by atoms with Gasteiger partial charge in [0.1, 0.15) is 5.60 Å². The van der Waals surface area contributed by atoms with E-state index in [9.17, 15) is 4.79 Å². The molecule has 0 rings (SSSR count). The highest BCUT2D eigenvalue weighted by Crippen LogP contribution is 2.07. The van der Waals surface area contributed by atoms with E-state index in [4.69, 9.17) is 10.2 Å². The number of hydrogen-bond acceptors (Lipinski definition) is 4. The van der Waals surface area contributed by atoms with Crippen molar-refractivity contribution < 1.29 is 19.7 Å². The molecular formula is C6H12O4. The number of rotatable bonds is 1. The smallest absolute Gasteiger partial charge is 0.363 e. The predicted molar refractivity (Wildman–Crippen MR) is 34.1 cm³/mol. The van der Waals surface area contributed by atoms with Crippen LogP contribution in [-0.4, -0.2) is 28.1 Å².